The molecule has 0 saturated carbocycles. The Morgan fingerprint density at radius 1 is 1.06 bits per heavy atom. The summed E-state index contributed by atoms with van der Waals surface area (Å²) in [4.78, 5) is 19.3. The number of H-pyrrole nitrogens is 1. The first-order valence-corrected chi connectivity index (χ1v) is 13.5. The van der Waals surface area contributed by atoms with E-state index < -0.39 is 66.0 Å². The number of nitrogens with one attached hydrogen (secondary N) is 3. The van der Waals surface area contributed by atoms with Crippen LogP contribution in [-0.2, 0) is 19.9 Å². The zero-order valence-corrected chi connectivity index (χ0v) is 19.5. The van der Waals surface area contributed by atoms with Crippen molar-refractivity contribution in [2.24, 2.45) is 0 Å². The third kappa shape index (κ3) is 6.05. The van der Waals surface area contributed by atoms with Crippen molar-refractivity contribution in [1.29, 1.82) is 0 Å². The standard InChI is InChI=1S/C20H21F3N4O5S2/c1-2-6-33(29,30)7-3-8-34(31,32)27-15-10-14(21)17(22)16(18(15)23)20(28)26-13-9-12-4-5-24-19(12)25-11-13/h4-5,9-11,27H,2-3,6-8H2,1H3,(H,24,25)(H,26,28). The Bertz CT molecular complexity index is 1440. The van der Waals surface area contributed by atoms with E-state index in [-0.39, 0.29) is 23.9 Å². The fraction of sp³-hybridized carbons (Fsp3) is 0.300. The van der Waals surface area contributed by atoms with Crippen LogP contribution in [0.5, 0.6) is 0 Å². The average Bonchev–Trinajstić information content (AvgIpc) is 3.19. The summed E-state index contributed by atoms with van der Waals surface area (Å²) in [6, 6.07) is 3.37. The maximum Gasteiger partial charge on any atom is 0.261 e. The van der Waals surface area contributed by atoms with Gasteiger partial charge >= 0.3 is 0 Å². The van der Waals surface area contributed by atoms with E-state index in [4.69, 9.17) is 0 Å². The molecule has 184 valence electrons. The Morgan fingerprint density at radius 2 is 1.79 bits per heavy atom. The number of nitrogens with zero attached hydrogens (tertiary/aromatic N) is 1. The van der Waals surface area contributed by atoms with Gasteiger partial charge in [0.2, 0.25) is 10.0 Å². The third-order valence-corrected chi connectivity index (χ3v) is 7.99. The highest BCUT2D eigenvalue weighted by molar-refractivity contribution is 7.93. The number of benzene rings is 1. The zero-order valence-electron chi connectivity index (χ0n) is 17.9. The minimum absolute atomic E-state index is 0.0654. The van der Waals surface area contributed by atoms with Crippen LogP contribution in [0.2, 0.25) is 0 Å². The van der Waals surface area contributed by atoms with Crippen molar-refractivity contribution in [3.8, 4) is 0 Å². The number of pyridine rings is 1. The van der Waals surface area contributed by atoms with Crippen molar-refractivity contribution in [1.82, 2.24) is 9.97 Å². The molecule has 1 aromatic carbocycles. The van der Waals surface area contributed by atoms with E-state index in [0.29, 0.717) is 17.5 Å². The summed E-state index contributed by atoms with van der Waals surface area (Å²) >= 11 is 0. The zero-order chi connectivity index (χ0) is 25.1. The van der Waals surface area contributed by atoms with Crippen LogP contribution in [0.15, 0.2) is 30.6 Å². The number of aromatic nitrogens is 2. The van der Waals surface area contributed by atoms with Gasteiger partial charge in [-0.25, -0.2) is 35.0 Å². The van der Waals surface area contributed by atoms with Gasteiger partial charge < -0.3 is 10.3 Å². The molecule has 0 aliphatic carbocycles. The Balaban J connectivity index is 1.80. The summed E-state index contributed by atoms with van der Waals surface area (Å²) < 4.78 is 93.0. The number of hydrogen-bond donors (Lipinski definition) is 3. The van der Waals surface area contributed by atoms with Crippen LogP contribution in [0.1, 0.15) is 30.1 Å². The SMILES string of the molecule is CCCS(=O)(=O)CCCS(=O)(=O)Nc1cc(F)c(F)c(C(=O)Nc2cnc3[nH]ccc3c2)c1F. The lowest BCUT2D eigenvalue weighted by Crippen LogP contribution is -2.23. The molecule has 0 aliphatic heterocycles. The van der Waals surface area contributed by atoms with Crippen molar-refractivity contribution in [3.63, 3.8) is 0 Å². The number of halogens is 3. The number of rotatable bonds is 10. The topological polar surface area (TPSA) is 138 Å². The fourth-order valence-electron chi connectivity index (χ4n) is 3.18. The van der Waals surface area contributed by atoms with E-state index in [2.05, 4.69) is 15.3 Å². The molecule has 0 bridgehead atoms. The molecule has 14 heteroatoms. The molecular weight excluding hydrogens is 497 g/mol. The van der Waals surface area contributed by atoms with Crippen LogP contribution in [0.3, 0.4) is 0 Å². The van der Waals surface area contributed by atoms with Gasteiger partial charge in [0.05, 0.1) is 29.1 Å². The summed E-state index contributed by atoms with van der Waals surface area (Å²) in [6.07, 6.45) is 2.88. The number of hydrogen-bond acceptors (Lipinski definition) is 6. The number of amides is 1. The molecule has 3 rings (SSSR count). The van der Waals surface area contributed by atoms with Crippen LogP contribution in [0, 0.1) is 17.5 Å². The van der Waals surface area contributed by atoms with Gasteiger partial charge in [0.15, 0.2) is 17.5 Å². The second-order valence-electron chi connectivity index (χ2n) is 7.43. The molecule has 0 unspecified atom stereocenters. The van der Waals surface area contributed by atoms with Gasteiger partial charge in [0.25, 0.3) is 5.91 Å². The van der Waals surface area contributed by atoms with E-state index in [9.17, 15) is 34.8 Å². The van der Waals surface area contributed by atoms with Gasteiger partial charge in [-0.15, -0.1) is 0 Å². The number of aromatic amines is 1. The van der Waals surface area contributed by atoms with Gasteiger partial charge in [-0.2, -0.15) is 0 Å². The molecule has 2 aromatic heterocycles. The highest BCUT2D eigenvalue weighted by Gasteiger charge is 2.27. The van der Waals surface area contributed by atoms with Crippen LogP contribution in [-0.4, -0.2) is 50.0 Å². The Hall–Kier alpha value is -3.13. The minimum atomic E-state index is -4.33. The van der Waals surface area contributed by atoms with Crippen LogP contribution in [0.25, 0.3) is 11.0 Å². The maximum atomic E-state index is 14.9. The first-order valence-electron chi connectivity index (χ1n) is 10.1. The predicted molar refractivity (Wildman–Crippen MR) is 121 cm³/mol. The van der Waals surface area contributed by atoms with E-state index in [1.165, 1.54) is 12.3 Å². The number of sulfone groups is 1. The molecule has 9 nitrogen and oxygen atoms in total. The summed E-state index contributed by atoms with van der Waals surface area (Å²) in [5, 5.41) is 2.79. The normalized spacial score (nSPS) is 12.1. The van der Waals surface area contributed by atoms with Crippen LogP contribution in [0.4, 0.5) is 24.5 Å². The second-order valence-corrected chi connectivity index (χ2v) is 11.6. The molecule has 0 saturated heterocycles. The largest absolute Gasteiger partial charge is 0.346 e. The number of sulfonamides is 1. The molecule has 34 heavy (non-hydrogen) atoms. The summed E-state index contributed by atoms with van der Waals surface area (Å²) in [6.45, 7) is 1.66. The molecule has 3 N–H and O–H groups in total. The maximum absolute atomic E-state index is 14.9. The van der Waals surface area contributed by atoms with E-state index in [0.717, 1.165) is 0 Å². The lowest BCUT2D eigenvalue weighted by atomic mass is 10.1. The second kappa shape index (κ2) is 10.0. The van der Waals surface area contributed by atoms with Gasteiger partial charge in [-0.3, -0.25) is 9.52 Å². The molecule has 0 aliphatic rings. The Labute approximate surface area is 193 Å². The Kier molecular flexibility index (Phi) is 7.51. The highest BCUT2D eigenvalue weighted by Crippen LogP contribution is 2.26. The monoisotopic (exact) mass is 518 g/mol. The molecule has 3 aromatic rings. The fourth-order valence-corrected chi connectivity index (χ4v) is 5.88. The minimum Gasteiger partial charge on any atom is -0.346 e. The number of fused-ring (bicyclic) bond motifs is 1. The first-order chi connectivity index (χ1) is 15.9. The first kappa shape index (κ1) is 25.5. The lowest BCUT2D eigenvalue weighted by molar-refractivity contribution is 0.101. The van der Waals surface area contributed by atoms with E-state index in [1.54, 1.807) is 23.9 Å². The summed E-state index contributed by atoms with van der Waals surface area (Å²) in [7, 11) is -7.77. The molecular formula is C20H21F3N4O5S2. The van der Waals surface area contributed by atoms with Gasteiger partial charge in [-0.1, -0.05) is 6.92 Å². The number of carbonyl (C=O) groups excluding carboxylic acids is 1. The molecule has 0 spiro atoms. The van der Waals surface area contributed by atoms with Crippen LogP contribution < -0.4 is 10.0 Å². The van der Waals surface area contributed by atoms with Crippen molar-refractivity contribution in [2.45, 2.75) is 19.8 Å². The smallest absolute Gasteiger partial charge is 0.261 e. The summed E-state index contributed by atoms with van der Waals surface area (Å²) in [5.41, 5.74) is -1.76. The van der Waals surface area contributed by atoms with Gasteiger partial charge in [0.1, 0.15) is 21.0 Å². The van der Waals surface area contributed by atoms with Crippen LogP contribution >= 0.6 is 0 Å². The van der Waals surface area contributed by atoms with Crippen molar-refractivity contribution < 1.29 is 34.8 Å². The Morgan fingerprint density at radius 3 is 2.50 bits per heavy atom. The molecule has 0 atom stereocenters. The molecule has 0 radical (unpaired) electrons. The van der Waals surface area contributed by atoms with E-state index >= 15 is 0 Å². The molecule has 1 amide bonds. The molecule has 0 fully saturated rings. The van der Waals surface area contributed by atoms with Gasteiger partial charge in [0, 0.05) is 23.4 Å². The lowest BCUT2D eigenvalue weighted by Gasteiger charge is -2.13. The number of anilines is 2. The number of carbonyl (C=O) groups is 1. The van der Waals surface area contributed by atoms with Crippen molar-refractivity contribution >= 4 is 48.2 Å². The summed E-state index contributed by atoms with van der Waals surface area (Å²) in [5.74, 6) is -7.68. The highest BCUT2D eigenvalue weighted by atomic mass is 32.2. The predicted octanol–water partition coefficient (Wildman–Crippen LogP) is 3.19. The molecule has 2 heterocycles. The van der Waals surface area contributed by atoms with Gasteiger partial charge in [-0.05, 0) is 25.0 Å². The average molecular weight is 519 g/mol. The third-order valence-electron chi connectivity index (χ3n) is 4.69. The van der Waals surface area contributed by atoms with Crippen molar-refractivity contribution in [2.75, 3.05) is 27.3 Å². The van der Waals surface area contributed by atoms with E-state index in [1.807, 2.05) is 0 Å². The van der Waals surface area contributed by atoms with Crippen molar-refractivity contribution in [3.05, 3.63) is 53.6 Å². The quantitative estimate of drug-likeness (QED) is 0.353.